The summed E-state index contributed by atoms with van der Waals surface area (Å²) in [5.74, 6) is 0. The zero-order valence-electron chi connectivity index (χ0n) is 6.78. The summed E-state index contributed by atoms with van der Waals surface area (Å²) in [7, 11) is 0. The molecule has 2 heteroatoms. The Hall–Kier alpha value is -2.06. The van der Waals surface area contributed by atoms with Gasteiger partial charge in [-0.3, -0.25) is 0 Å². The van der Waals surface area contributed by atoms with Gasteiger partial charge in [0.2, 0.25) is 0 Å². The van der Waals surface area contributed by atoms with Crippen LogP contribution in [0.5, 0.6) is 0 Å². The number of nitrogens with zero attached hydrogens (tertiary/aromatic N) is 2. The first-order valence-electron chi connectivity index (χ1n) is 3.86. The van der Waals surface area contributed by atoms with Crippen LogP contribution >= 0.6 is 0 Å². The van der Waals surface area contributed by atoms with Crippen molar-refractivity contribution in [1.82, 2.24) is 0 Å². The molecule has 0 N–H and O–H groups in total. The Morgan fingerprint density at radius 2 is 1.69 bits per heavy atom. The second-order valence-electron chi connectivity index (χ2n) is 2.84. The Morgan fingerprint density at radius 1 is 1.08 bits per heavy atom. The smallest absolute Gasteiger partial charge is 0.195 e. The van der Waals surface area contributed by atoms with Crippen LogP contribution in [0.2, 0.25) is 0 Å². The fourth-order valence-electron chi connectivity index (χ4n) is 1.24. The molecule has 0 saturated carbocycles. The van der Waals surface area contributed by atoms with Gasteiger partial charge in [-0.05, 0) is 5.56 Å². The van der Waals surface area contributed by atoms with Gasteiger partial charge >= 0.3 is 0 Å². The first-order chi connectivity index (χ1) is 6.32. The molecule has 0 aliphatic heterocycles. The van der Waals surface area contributed by atoms with Crippen molar-refractivity contribution in [1.29, 1.82) is 10.5 Å². The van der Waals surface area contributed by atoms with Crippen molar-refractivity contribution in [2.45, 2.75) is 0 Å². The number of rotatable bonds is 1. The lowest BCUT2D eigenvalue weighted by Crippen LogP contribution is -1.96. The van der Waals surface area contributed by atoms with E-state index in [1.807, 2.05) is 42.5 Å². The first kappa shape index (κ1) is 7.58. The molecule has 13 heavy (non-hydrogen) atoms. The Balaban J connectivity index is 2.32. The van der Waals surface area contributed by atoms with Gasteiger partial charge in [-0.25, -0.2) is 0 Å². The molecule has 1 aromatic carbocycles. The van der Waals surface area contributed by atoms with Gasteiger partial charge in [0.1, 0.15) is 0 Å². The molecule has 0 atom stereocenters. The highest BCUT2D eigenvalue weighted by molar-refractivity contribution is 5.87. The lowest BCUT2D eigenvalue weighted by atomic mass is 10.0. The average molecular weight is 165 g/mol. The largest absolute Gasteiger partial charge is 0.196 e. The van der Waals surface area contributed by atoms with Crippen LogP contribution in [0.3, 0.4) is 0 Å². The van der Waals surface area contributed by atoms with Crippen LogP contribution in [0, 0.1) is 34.2 Å². The van der Waals surface area contributed by atoms with Gasteiger partial charge in [0.15, 0.2) is 5.41 Å². The van der Waals surface area contributed by atoms with Gasteiger partial charge in [0.05, 0.1) is 12.1 Å². The molecule has 0 saturated heterocycles. The summed E-state index contributed by atoms with van der Waals surface area (Å²) in [6, 6.07) is 13.3. The van der Waals surface area contributed by atoms with E-state index in [0.29, 0.717) is 5.57 Å². The van der Waals surface area contributed by atoms with E-state index in [-0.39, 0.29) is 0 Å². The minimum absolute atomic E-state index is 0.707. The van der Waals surface area contributed by atoms with E-state index in [1.54, 1.807) is 0 Å². The SMILES string of the molecule is N#CC1(C#N)[C]=C1c1ccccc1. The van der Waals surface area contributed by atoms with Crippen LogP contribution in [0.25, 0.3) is 5.57 Å². The highest BCUT2D eigenvalue weighted by Crippen LogP contribution is 2.48. The fraction of sp³-hybridized carbons (Fsp3) is 0.0909. The van der Waals surface area contributed by atoms with Gasteiger partial charge in [0.25, 0.3) is 0 Å². The van der Waals surface area contributed by atoms with Gasteiger partial charge in [-0.15, -0.1) is 0 Å². The predicted octanol–water partition coefficient (Wildman–Crippen LogP) is 1.92. The fourth-order valence-corrected chi connectivity index (χ4v) is 1.24. The molecular weight excluding hydrogens is 160 g/mol. The maximum atomic E-state index is 8.73. The monoisotopic (exact) mass is 165 g/mol. The molecule has 0 fully saturated rings. The quantitative estimate of drug-likeness (QED) is 0.638. The number of hydrogen-bond acceptors (Lipinski definition) is 2. The highest BCUT2D eigenvalue weighted by atomic mass is 14.5. The molecule has 2 nitrogen and oxygen atoms in total. The predicted molar refractivity (Wildman–Crippen MR) is 46.8 cm³/mol. The number of hydrogen-bond donors (Lipinski definition) is 0. The van der Waals surface area contributed by atoms with Crippen molar-refractivity contribution >= 4 is 5.57 Å². The Labute approximate surface area is 76.3 Å². The number of nitriles is 2. The maximum absolute atomic E-state index is 8.73. The first-order valence-corrected chi connectivity index (χ1v) is 3.86. The van der Waals surface area contributed by atoms with E-state index >= 15 is 0 Å². The highest BCUT2D eigenvalue weighted by Gasteiger charge is 2.46. The molecule has 0 heterocycles. The van der Waals surface area contributed by atoms with Gasteiger partial charge in [-0.2, -0.15) is 10.5 Å². The third kappa shape index (κ3) is 1.01. The van der Waals surface area contributed by atoms with Crippen LogP contribution < -0.4 is 0 Å². The van der Waals surface area contributed by atoms with Gasteiger partial charge < -0.3 is 0 Å². The summed E-state index contributed by atoms with van der Waals surface area (Å²) in [4.78, 5) is 0. The van der Waals surface area contributed by atoms with E-state index < -0.39 is 5.41 Å². The topological polar surface area (TPSA) is 47.6 Å². The van der Waals surface area contributed by atoms with Crippen LogP contribution in [0.1, 0.15) is 5.56 Å². The lowest BCUT2D eigenvalue weighted by Gasteiger charge is -1.97. The molecule has 59 valence electrons. The minimum Gasteiger partial charge on any atom is -0.196 e. The molecule has 1 aliphatic carbocycles. The summed E-state index contributed by atoms with van der Waals surface area (Å²) in [5, 5.41) is 17.5. The van der Waals surface area contributed by atoms with Crippen LogP contribution in [0.15, 0.2) is 30.3 Å². The zero-order chi connectivity index (χ0) is 9.31. The van der Waals surface area contributed by atoms with Crippen molar-refractivity contribution in [2.75, 3.05) is 0 Å². The molecule has 0 unspecified atom stereocenters. The van der Waals surface area contributed by atoms with Crippen molar-refractivity contribution in [2.24, 2.45) is 5.41 Å². The van der Waals surface area contributed by atoms with Crippen molar-refractivity contribution in [3.63, 3.8) is 0 Å². The summed E-state index contributed by atoms with van der Waals surface area (Å²) < 4.78 is 0. The minimum atomic E-state index is -1.07. The molecule has 0 spiro atoms. The van der Waals surface area contributed by atoms with Crippen molar-refractivity contribution < 1.29 is 0 Å². The summed E-state index contributed by atoms with van der Waals surface area (Å²) in [6.07, 6.45) is 2.79. The third-order valence-corrected chi connectivity index (χ3v) is 2.02. The van der Waals surface area contributed by atoms with E-state index in [1.165, 1.54) is 0 Å². The normalized spacial score (nSPS) is 16.6. The van der Waals surface area contributed by atoms with Gasteiger partial charge in [0, 0.05) is 11.6 Å². The third-order valence-electron chi connectivity index (χ3n) is 2.02. The number of allylic oxidation sites excluding steroid dienone is 2. The van der Waals surface area contributed by atoms with Crippen molar-refractivity contribution in [3.8, 4) is 12.1 Å². The zero-order valence-corrected chi connectivity index (χ0v) is 6.78. The van der Waals surface area contributed by atoms with Gasteiger partial charge in [-0.1, -0.05) is 30.3 Å². The standard InChI is InChI=1S/C11H5N2/c12-7-11(8-13)6-10(11)9-4-2-1-3-5-9/h1-5H. The van der Waals surface area contributed by atoms with Crippen LogP contribution in [-0.4, -0.2) is 0 Å². The van der Waals surface area contributed by atoms with Crippen molar-refractivity contribution in [3.05, 3.63) is 42.0 Å². The van der Waals surface area contributed by atoms with E-state index in [9.17, 15) is 0 Å². The molecule has 0 bridgehead atoms. The summed E-state index contributed by atoms with van der Waals surface area (Å²) >= 11 is 0. The summed E-state index contributed by atoms with van der Waals surface area (Å²) in [5.41, 5.74) is 0.546. The van der Waals surface area contributed by atoms with E-state index in [4.69, 9.17) is 10.5 Å². The molecule has 1 radical (unpaired) electrons. The molecule has 0 amide bonds. The Kier molecular flexibility index (Phi) is 1.44. The number of benzene rings is 1. The Morgan fingerprint density at radius 3 is 2.15 bits per heavy atom. The molecular formula is C11H5N2. The van der Waals surface area contributed by atoms with E-state index in [0.717, 1.165) is 5.56 Å². The summed E-state index contributed by atoms with van der Waals surface area (Å²) in [6.45, 7) is 0. The second kappa shape index (κ2) is 2.47. The second-order valence-corrected chi connectivity index (χ2v) is 2.84. The molecule has 1 aliphatic rings. The maximum Gasteiger partial charge on any atom is 0.195 e. The van der Waals surface area contributed by atoms with Crippen LogP contribution in [-0.2, 0) is 0 Å². The molecule has 0 aromatic heterocycles. The lowest BCUT2D eigenvalue weighted by molar-refractivity contribution is 0.989. The molecule has 2 rings (SSSR count). The molecule has 1 aromatic rings. The van der Waals surface area contributed by atoms with E-state index in [2.05, 4.69) is 6.08 Å². The average Bonchev–Trinajstić information content (AvgIpc) is 2.95. The Bertz CT molecular complexity index is 429. The van der Waals surface area contributed by atoms with Crippen LogP contribution in [0.4, 0.5) is 0 Å².